The highest BCUT2D eigenvalue weighted by Crippen LogP contribution is 2.39. The first-order valence-corrected chi connectivity index (χ1v) is 8.42. The van der Waals surface area contributed by atoms with Gasteiger partial charge in [0.05, 0.1) is 17.8 Å². The molecule has 0 aliphatic carbocycles. The Labute approximate surface area is 151 Å². The number of furan rings is 1. The third-order valence-electron chi connectivity index (χ3n) is 4.72. The normalized spacial score (nSPS) is 16.7. The van der Waals surface area contributed by atoms with Gasteiger partial charge in [-0.15, -0.1) is 0 Å². The lowest BCUT2D eigenvalue weighted by Gasteiger charge is -2.42. The highest BCUT2D eigenvalue weighted by Gasteiger charge is 2.38. The van der Waals surface area contributed by atoms with Crippen LogP contribution in [0, 0.1) is 0 Å². The summed E-state index contributed by atoms with van der Waals surface area (Å²) in [6.45, 7) is 0.118. The van der Waals surface area contributed by atoms with Crippen molar-refractivity contribution in [2.45, 2.75) is 6.17 Å². The van der Waals surface area contributed by atoms with Crippen molar-refractivity contribution >= 4 is 28.5 Å². The van der Waals surface area contributed by atoms with E-state index in [1.165, 1.54) is 0 Å². The van der Waals surface area contributed by atoms with Crippen LogP contribution < -0.4 is 10.2 Å². The predicted molar refractivity (Wildman–Crippen MR) is 98.9 cm³/mol. The summed E-state index contributed by atoms with van der Waals surface area (Å²) in [5, 5.41) is 3.61. The van der Waals surface area contributed by atoms with Crippen LogP contribution in [0.2, 0.25) is 0 Å². The lowest BCUT2D eigenvalue weighted by Crippen LogP contribution is -2.50. The standard InChI is InChI=1S/C20H19N3O3/c1-21-18(24)12-23-15-9-5-4-8-14(15)20(25)22(2)19(23)17-11-13-7-3-6-10-16(13)26-17/h3-11,19H,12H2,1-2H3,(H,21,24). The minimum atomic E-state index is -0.498. The zero-order valence-corrected chi connectivity index (χ0v) is 14.6. The third kappa shape index (κ3) is 2.50. The Morgan fingerprint density at radius 2 is 1.88 bits per heavy atom. The van der Waals surface area contributed by atoms with Gasteiger partial charge in [0.2, 0.25) is 5.91 Å². The molecule has 1 aliphatic rings. The van der Waals surface area contributed by atoms with Crippen molar-refractivity contribution in [3.63, 3.8) is 0 Å². The number of hydrogen-bond acceptors (Lipinski definition) is 4. The second kappa shape index (κ2) is 6.22. The molecule has 6 heteroatoms. The zero-order chi connectivity index (χ0) is 18.3. The van der Waals surface area contributed by atoms with E-state index in [2.05, 4.69) is 5.32 Å². The molecule has 26 heavy (non-hydrogen) atoms. The Balaban J connectivity index is 1.87. The fourth-order valence-electron chi connectivity index (χ4n) is 3.43. The van der Waals surface area contributed by atoms with E-state index in [9.17, 15) is 9.59 Å². The number of anilines is 1. The molecule has 1 aliphatic heterocycles. The summed E-state index contributed by atoms with van der Waals surface area (Å²) in [6.07, 6.45) is -0.498. The molecule has 0 spiro atoms. The van der Waals surface area contributed by atoms with E-state index < -0.39 is 6.17 Å². The first kappa shape index (κ1) is 16.2. The van der Waals surface area contributed by atoms with Crippen LogP contribution in [0.3, 0.4) is 0 Å². The van der Waals surface area contributed by atoms with E-state index in [0.717, 1.165) is 16.7 Å². The smallest absolute Gasteiger partial charge is 0.257 e. The lowest BCUT2D eigenvalue weighted by molar-refractivity contribution is -0.119. The fourth-order valence-corrected chi connectivity index (χ4v) is 3.43. The summed E-state index contributed by atoms with van der Waals surface area (Å²) in [6, 6.07) is 16.9. The zero-order valence-electron chi connectivity index (χ0n) is 14.6. The van der Waals surface area contributed by atoms with Crippen molar-refractivity contribution in [3.8, 4) is 0 Å². The molecule has 0 saturated carbocycles. The summed E-state index contributed by atoms with van der Waals surface area (Å²) in [7, 11) is 3.33. The average molecular weight is 349 g/mol. The van der Waals surface area contributed by atoms with E-state index in [4.69, 9.17) is 4.42 Å². The number of benzene rings is 2. The minimum Gasteiger partial charge on any atom is -0.457 e. The van der Waals surface area contributed by atoms with E-state index in [0.29, 0.717) is 11.3 Å². The fraction of sp³-hybridized carbons (Fsp3) is 0.200. The SMILES string of the molecule is CNC(=O)CN1c2ccccc2C(=O)N(C)C1c1cc2ccccc2o1. The molecule has 3 aromatic rings. The number of fused-ring (bicyclic) bond motifs is 2. The van der Waals surface area contributed by atoms with Crippen LogP contribution in [0.5, 0.6) is 0 Å². The number of rotatable bonds is 3. The lowest BCUT2D eigenvalue weighted by atomic mass is 10.0. The molecule has 2 heterocycles. The van der Waals surface area contributed by atoms with Crippen LogP contribution in [-0.4, -0.2) is 37.4 Å². The molecule has 1 unspecified atom stereocenters. The molecule has 1 aromatic heterocycles. The largest absolute Gasteiger partial charge is 0.457 e. The first-order valence-electron chi connectivity index (χ1n) is 8.42. The maximum absolute atomic E-state index is 12.9. The second-order valence-corrected chi connectivity index (χ2v) is 6.29. The number of carbonyl (C=O) groups is 2. The molecule has 6 nitrogen and oxygen atoms in total. The van der Waals surface area contributed by atoms with Gasteiger partial charge in [-0.2, -0.15) is 0 Å². The molecule has 0 radical (unpaired) electrons. The highest BCUT2D eigenvalue weighted by atomic mass is 16.3. The summed E-state index contributed by atoms with van der Waals surface area (Å²) in [5.74, 6) is 0.392. The number of nitrogens with zero attached hydrogens (tertiary/aromatic N) is 2. The van der Waals surface area contributed by atoms with Gasteiger partial charge < -0.3 is 19.5 Å². The Morgan fingerprint density at radius 1 is 1.15 bits per heavy atom. The minimum absolute atomic E-state index is 0.0980. The Bertz CT molecular complexity index is 962. The summed E-state index contributed by atoms with van der Waals surface area (Å²) in [4.78, 5) is 28.5. The predicted octanol–water partition coefficient (Wildman–Crippen LogP) is 2.77. The van der Waals surface area contributed by atoms with E-state index in [-0.39, 0.29) is 18.4 Å². The van der Waals surface area contributed by atoms with E-state index in [1.54, 1.807) is 25.1 Å². The van der Waals surface area contributed by atoms with E-state index >= 15 is 0 Å². The van der Waals surface area contributed by atoms with E-state index in [1.807, 2.05) is 53.4 Å². The van der Waals surface area contributed by atoms with Gasteiger partial charge in [-0.05, 0) is 24.3 Å². The van der Waals surface area contributed by atoms with Crippen LogP contribution in [0.15, 0.2) is 59.0 Å². The van der Waals surface area contributed by atoms with Gasteiger partial charge in [0.25, 0.3) is 5.91 Å². The monoisotopic (exact) mass is 349 g/mol. The van der Waals surface area contributed by atoms with Gasteiger partial charge in [-0.1, -0.05) is 30.3 Å². The Hall–Kier alpha value is -3.28. The molecule has 2 amide bonds. The molecular weight excluding hydrogens is 330 g/mol. The van der Waals surface area contributed by atoms with Crippen LogP contribution in [-0.2, 0) is 4.79 Å². The topological polar surface area (TPSA) is 65.8 Å². The maximum atomic E-state index is 12.9. The molecule has 0 fully saturated rings. The van der Waals surface area contributed by atoms with Gasteiger partial charge in [-0.25, -0.2) is 0 Å². The second-order valence-electron chi connectivity index (χ2n) is 6.29. The van der Waals surface area contributed by atoms with Crippen molar-refractivity contribution in [2.24, 2.45) is 0 Å². The summed E-state index contributed by atoms with van der Waals surface area (Å²) in [5.41, 5.74) is 2.05. The molecule has 2 aromatic carbocycles. The number of hydrogen-bond donors (Lipinski definition) is 1. The van der Waals surface area contributed by atoms with Crippen molar-refractivity contribution in [3.05, 3.63) is 65.9 Å². The van der Waals surface area contributed by atoms with Crippen LogP contribution >= 0.6 is 0 Å². The van der Waals surface area contributed by atoms with Crippen LogP contribution in [0.25, 0.3) is 11.0 Å². The first-order chi connectivity index (χ1) is 12.6. The van der Waals surface area contributed by atoms with Gasteiger partial charge in [0.15, 0.2) is 6.17 Å². The van der Waals surface area contributed by atoms with Gasteiger partial charge in [0, 0.05) is 19.5 Å². The van der Waals surface area contributed by atoms with Crippen molar-refractivity contribution < 1.29 is 14.0 Å². The highest BCUT2D eigenvalue weighted by molar-refractivity contribution is 6.02. The molecule has 1 atom stereocenters. The van der Waals surface area contributed by atoms with Crippen molar-refractivity contribution in [2.75, 3.05) is 25.5 Å². The molecule has 0 saturated heterocycles. The Kier molecular flexibility index (Phi) is 3.88. The third-order valence-corrected chi connectivity index (χ3v) is 4.72. The number of likely N-dealkylation sites (N-methyl/N-ethyl adjacent to an activating group) is 1. The maximum Gasteiger partial charge on any atom is 0.257 e. The number of nitrogens with one attached hydrogen (secondary N) is 1. The number of para-hydroxylation sites is 2. The number of carbonyl (C=O) groups excluding carboxylic acids is 2. The quantitative estimate of drug-likeness (QED) is 0.790. The van der Waals surface area contributed by atoms with Crippen LogP contribution in [0.4, 0.5) is 5.69 Å². The molecule has 132 valence electrons. The number of amides is 2. The average Bonchev–Trinajstić information content (AvgIpc) is 3.09. The molecular formula is C20H19N3O3. The van der Waals surface area contributed by atoms with Gasteiger partial charge in [0.1, 0.15) is 11.3 Å². The molecule has 4 rings (SSSR count). The van der Waals surface area contributed by atoms with Gasteiger partial charge >= 0.3 is 0 Å². The summed E-state index contributed by atoms with van der Waals surface area (Å²) < 4.78 is 6.02. The van der Waals surface area contributed by atoms with Crippen molar-refractivity contribution in [1.82, 2.24) is 10.2 Å². The Morgan fingerprint density at radius 3 is 2.65 bits per heavy atom. The molecule has 1 N–H and O–H groups in total. The van der Waals surface area contributed by atoms with Gasteiger partial charge in [-0.3, -0.25) is 9.59 Å². The molecule has 0 bridgehead atoms. The summed E-state index contributed by atoms with van der Waals surface area (Å²) >= 11 is 0. The van der Waals surface area contributed by atoms with Crippen LogP contribution in [0.1, 0.15) is 22.3 Å². The van der Waals surface area contributed by atoms with Crippen molar-refractivity contribution in [1.29, 1.82) is 0 Å².